The third-order valence-electron chi connectivity index (χ3n) is 3.87. The highest BCUT2D eigenvalue weighted by atomic mass is 32.2. The Balaban J connectivity index is 1.82. The smallest absolute Gasteiger partial charge is 0.254 e. The Labute approximate surface area is 123 Å². The van der Waals surface area contributed by atoms with E-state index in [0.717, 1.165) is 0 Å². The molecule has 2 heterocycles. The van der Waals surface area contributed by atoms with Gasteiger partial charge < -0.3 is 14.4 Å². The summed E-state index contributed by atoms with van der Waals surface area (Å²) in [7, 11) is -3.01. The number of nitrogens with zero attached hydrogens (tertiary/aromatic N) is 1. The molecule has 0 radical (unpaired) electrons. The standard InChI is InChI=1S/C14H17NO5S/c1-2-15(11-5-6-21(17,18)8-11)14(16)10-3-4-12-13(7-10)20-9-19-12/h3-4,7,11H,2,5-6,8-9H2,1H3/t11-/m0/s1. The molecule has 0 spiro atoms. The first-order valence-corrected chi connectivity index (χ1v) is 8.73. The molecule has 0 unspecified atom stereocenters. The van der Waals surface area contributed by atoms with Crippen molar-refractivity contribution >= 4 is 15.7 Å². The molecule has 1 amide bonds. The highest BCUT2D eigenvalue weighted by Gasteiger charge is 2.34. The van der Waals surface area contributed by atoms with Gasteiger partial charge in [0.15, 0.2) is 21.3 Å². The van der Waals surface area contributed by atoms with Gasteiger partial charge in [0.25, 0.3) is 5.91 Å². The van der Waals surface area contributed by atoms with Crippen LogP contribution in [0.3, 0.4) is 0 Å². The van der Waals surface area contributed by atoms with E-state index in [1.807, 2.05) is 6.92 Å². The molecule has 2 aliphatic heterocycles. The fourth-order valence-corrected chi connectivity index (χ4v) is 4.51. The van der Waals surface area contributed by atoms with Crippen LogP contribution in [0.15, 0.2) is 18.2 Å². The zero-order chi connectivity index (χ0) is 15.0. The Morgan fingerprint density at radius 3 is 2.76 bits per heavy atom. The molecule has 0 aliphatic carbocycles. The van der Waals surface area contributed by atoms with Crippen LogP contribution in [0, 0.1) is 0 Å². The summed E-state index contributed by atoms with van der Waals surface area (Å²) in [5.74, 6) is 1.21. The number of benzene rings is 1. The zero-order valence-corrected chi connectivity index (χ0v) is 12.6. The minimum Gasteiger partial charge on any atom is -0.454 e. The summed E-state index contributed by atoms with van der Waals surface area (Å²) in [6.45, 7) is 2.49. The van der Waals surface area contributed by atoms with E-state index in [9.17, 15) is 13.2 Å². The first-order chi connectivity index (χ1) is 10.00. The average Bonchev–Trinajstić information content (AvgIpc) is 3.05. The molecule has 3 rings (SSSR count). The van der Waals surface area contributed by atoms with Crippen LogP contribution in [0.25, 0.3) is 0 Å². The van der Waals surface area contributed by atoms with E-state index in [4.69, 9.17) is 9.47 Å². The molecule has 21 heavy (non-hydrogen) atoms. The zero-order valence-electron chi connectivity index (χ0n) is 11.7. The summed E-state index contributed by atoms with van der Waals surface area (Å²) >= 11 is 0. The third kappa shape index (κ3) is 2.70. The summed E-state index contributed by atoms with van der Waals surface area (Å²) in [6.07, 6.45) is 0.506. The van der Waals surface area contributed by atoms with Crippen molar-refractivity contribution in [2.75, 3.05) is 24.8 Å². The predicted octanol–water partition coefficient (Wildman–Crippen LogP) is 1.06. The number of fused-ring (bicyclic) bond motifs is 1. The largest absolute Gasteiger partial charge is 0.454 e. The summed E-state index contributed by atoms with van der Waals surface area (Å²) in [4.78, 5) is 14.2. The fourth-order valence-electron chi connectivity index (χ4n) is 2.78. The molecule has 0 bridgehead atoms. The van der Waals surface area contributed by atoms with Crippen molar-refractivity contribution in [3.05, 3.63) is 23.8 Å². The minimum absolute atomic E-state index is 0.0527. The second-order valence-corrected chi connectivity index (χ2v) is 7.44. The van der Waals surface area contributed by atoms with E-state index in [0.29, 0.717) is 30.0 Å². The van der Waals surface area contributed by atoms with Crippen molar-refractivity contribution in [2.24, 2.45) is 0 Å². The summed E-state index contributed by atoms with van der Waals surface area (Å²) < 4.78 is 33.7. The normalized spacial score (nSPS) is 22.2. The van der Waals surface area contributed by atoms with Crippen LogP contribution < -0.4 is 9.47 Å². The Kier molecular flexibility index (Phi) is 3.52. The number of carbonyl (C=O) groups is 1. The Morgan fingerprint density at radius 1 is 1.33 bits per heavy atom. The molecule has 2 aliphatic rings. The van der Waals surface area contributed by atoms with Crippen molar-refractivity contribution < 1.29 is 22.7 Å². The van der Waals surface area contributed by atoms with Crippen LogP contribution in [0.1, 0.15) is 23.7 Å². The predicted molar refractivity (Wildman–Crippen MR) is 76.3 cm³/mol. The lowest BCUT2D eigenvalue weighted by Gasteiger charge is -2.27. The molecule has 1 aromatic rings. The lowest BCUT2D eigenvalue weighted by molar-refractivity contribution is 0.0708. The Hall–Kier alpha value is -1.76. The van der Waals surface area contributed by atoms with Crippen molar-refractivity contribution in [3.8, 4) is 11.5 Å². The van der Waals surface area contributed by atoms with Gasteiger partial charge in [0.2, 0.25) is 6.79 Å². The highest BCUT2D eigenvalue weighted by molar-refractivity contribution is 7.91. The molecular weight excluding hydrogens is 294 g/mol. The van der Waals surface area contributed by atoms with Gasteiger partial charge in [0, 0.05) is 18.2 Å². The van der Waals surface area contributed by atoms with E-state index >= 15 is 0 Å². The summed E-state index contributed by atoms with van der Waals surface area (Å²) in [5, 5.41) is 0. The van der Waals surface area contributed by atoms with Gasteiger partial charge in [-0.05, 0) is 31.5 Å². The summed E-state index contributed by atoms with van der Waals surface area (Å²) in [6, 6.07) is 4.80. The monoisotopic (exact) mass is 311 g/mol. The Morgan fingerprint density at radius 2 is 2.10 bits per heavy atom. The lowest BCUT2D eigenvalue weighted by Crippen LogP contribution is -2.40. The molecule has 7 heteroatoms. The maximum absolute atomic E-state index is 12.6. The number of ether oxygens (including phenoxy) is 2. The minimum atomic E-state index is -3.01. The fraction of sp³-hybridized carbons (Fsp3) is 0.500. The van der Waals surface area contributed by atoms with Crippen LogP contribution in [0.5, 0.6) is 11.5 Å². The van der Waals surface area contributed by atoms with Crippen LogP contribution in [0.4, 0.5) is 0 Å². The quantitative estimate of drug-likeness (QED) is 0.835. The average molecular weight is 311 g/mol. The maximum atomic E-state index is 12.6. The Bertz CT molecular complexity index is 670. The molecule has 0 N–H and O–H groups in total. The van der Waals surface area contributed by atoms with Gasteiger partial charge >= 0.3 is 0 Å². The van der Waals surface area contributed by atoms with E-state index in [1.54, 1.807) is 23.1 Å². The molecule has 6 nitrogen and oxygen atoms in total. The van der Waals surface area contributed by atoms with Gasteiger partial charge in [-0.2, -0.15) is 0 Å². The molecule has 0 aromatic heterocycles. The topological polar surface area (TPSA) is 72.9 Å². The maximum Gasteiger partial charge on any atom is 0.254 e. The van der Waals surface area contributed by atoms with E-state index in [1.165, 1.54) is 0 Å². The molecular formula is C14H17NO5S. The second kappa shape index (κ2) is 5.22. The first kappa shape index (κ1) is 14.2. The molecule has 114 valence electrons. The number of hydrogen-bond acceptors (Lipinski definition) is 5. The number of hydrogen-bond donors (Lipinski definition) is 0. The highest BCUT2D eigenvalue weighted by Crippen LogP contribution is 2.33. The third-order valence-corrected chi connectivity index (χ3v) is 5.62. The second-order valence-electron chi connectivity index (χ2n) is 5.22. The first-order valence-electron chi connectivity index (χ1n) is 6.91. The molecule has 1 atom stereocenters. The van der Waals surface area contributed by atoms with Crippen molar-refractivity contribution in [1.29, 1.82) is 0 Å². The number of sulfone groups is 1. The lowest BCUT2D eigenvalue weighted by atomic mass is 10.1. The number of rotatable bonds is 3. The summed E-state index contributed by atoms with van der Waals surface area (Å²) in [5.41, 5.74) is 0.491. The molecule has 1 aromatic carbocycles. The van der Waals surface area contributed by atoms with Crippen LogP contribution in [-0.4, -0.2) is 50.1 Å². The van der Waals surface area contributed by atoms with Crippen LogP contribution in [-0.2, 0) is 9.84 Å². The van der Waals surface area contributed by atoms with Gasteiger partial charge in [-0.15, -0.1) is 0 Å². The van der Waals surface area contributed by atoms with Crippen LogP contribution in [0.2, 0.25) is 0 Å². The van der Waals surface area contributed by atoms with E-state index in [-0.39, 0.29) is 30.2 Å². The van der Waals surface area contributed by atoms with Gasteiger partial charge in [-0.3, -0.25) is 4.79 Å². The number of amides is 1. The van der Waals surface area contributed by atoms with E-state index < -0.39 is 9.84 Å². The SMILES string of the molecule is CCN(C(=O)c1ccc2c(c1)OCO2)[C@H]1CCS(=O)(=O)C1. The molecule has 1 saturated heterocycles. The van der Waals surface area contributed by atoms with Crippen molar-refractivity contribution in [3.63, 3.8) is 0 Å². The van der Waals surface area contributed by atoms with Gasteiger partial charge in [-0.1, -0.05) is 0 Å². The van der Waals surface area contributed by atoms with Crippen LogP contribution >= 0.6 is 0 Å². The van der Waals surface area contributed by atoms with Gasteiger partial charge in [-0.25, -0.2) is 8.42 Å². The van der Waals surface area contributed by atoms with Gasteiger partial charge in [0.05, 0.1) is 11.5 Å². The molecule has 1 fully saturated rings. The number of carbonyl (C=O) groups excluding carboxylic acids is 1. The molecule has 0 saturated carbocycles. The van der Waals surface area contributed by atoms with Crippen molar-refractivity contribution in [2.45, 2.75) is 19.4 Å². The van der Waals surface area contributed by atoms with Gasteiger partial charge in [0.1, 0.15) is 0 Å². The van der Waals surface area contributed by atoms with Crippen molar-refractivity contribution in [1.82, 2.24) is 4.90 Å². The van der Waals surface area contributed by atoms with E-state index in [2.05, 4.69) is 0 Å².